The summed E-state index contributed by atoms with van der Waals surface area (Å²) in [5.74, 6) is 0.176. The summed E-state index contributed by atoms with van der Waals surface area (Å²) >= 11 is 0. The molecule has 166 valence electrons. The highest BCUT2D eigenvalue weighted by Gasteiger charge is 2.35. The lowest BCUT2D eigenvalue weighted by Gasteiger charge is -2.36. The molecule has 2 fully saturated rings. The van der Waals surface area contributed by atoms with Gasteiger partial charge in [0, 0.05) is 44.1 Å². The van der Waals surface area contributed by atoms with Crippen LogP contribution in [0.1, 0.15) is 25.7 Å². The van der Waals surface area contributed by atoms with E-state index < -0.39 is 10.0 Å². The standard InChI is InChI=1S/C20H29N3O6S/c1-28-17-4-3-16(13-18(17)29-2)30(26,27)23-11-7-15(8-12-23)20(25)22-9-5-14(6-10-22)19(21)24/h3-4,13-15H,5-12H2,1-2H3,(H2,21,24). The first-order valence-electron chi connectivity index (χ1n) is 10.1. The van der Waals surface area contributed by atoms with Gasteiger partial charge in [0.25, 0.3) is 0 Å². The molecule has 2 N–H and O–H groups in total. The summed E-state index contributed by atoms with van der Waals surface area (Å²) in [6, 6.07) is 4.52. The zero-order chi connectivity index (χ0) is 21.9. The van der Waals surface area contributed by atoms with Gasteiger partial charge in [-0.1, -0.05) is 0 Å². The largest absolute Gasteiger partial charge is 0.493 e. The smallest absolute Gasteiger partial charge is 0.243 e. The van der Waals surface area contributed by atoms with Gasteiger partial charge in [-0.2, -0.15) is 4.31 Å². The second kappa shape index (κ2) is 9.22. The minimum absolute atomic E-state index is 0.0427. The maximum atomic E-state index is 13.0. The number of amides is 2. The average Bonchev–Trinajstić information content (AvgIpc) is 2.78. The monoisotopic (exact) mass is 439 g/mol. The molecule has 30 heavy (non-hydrogen) atoms. The van der Waals surface area contributed by atoms with Crippen molar-refractivity contribution < 1.29 is 27.5 Å². The summed E-state index contributed by atoms with van der Waals surface area (Å²) in [6.45, 7) is 1.61. The number of primary amides is 1. The highest BCUT2D eigenvalue weighted by Crippen LogP contribution is 2.32. The maximum Gasteiger partial charge on any atom is 0.243 e. The van der Waals surface area contributed by atoms with Gasteiger partial charge in [0.2, 0.25) is 21.8 Å². The molecule has 10 heteroatoms. The Kier molecular flexibility index (Phi) is 6.87. The Labute approximate surface area is 177 Å². The van der Waals surface area contributed by atoms with Gasteiger partial charge >= 0.3 is 0 Å². The van der Waals surface area contributed by atoms with Crippen molar-refractivity contribution >= 4 is 21.8 Å². The molecule has 2 saturated heterocycles. The lowest BCUT2D eigenvalue weighted by molar-refractivity contribution is -0.139. The van der Waals surface area contributed by atoms with Crippen LogP contribution in [0.3, 0.4) is 0 Å². The average molecular weight is 440 g/mol. The number of hydrogen-bond acceptors (Lipinski definition) is 6. The first kappa shape index (κ1) is 22.4. The SMILES string of the molecule is COc1ccc(S(=O)(=O)N2CCC(C(=O)N3CCC(C(N)=O)CC3)CC2)cc1OC. The van der Waals surface area contributed by atoms with Crippen molar-refractivity contribution in [2.45, 2.75) is 30.6 Å². The number of benzene rings is 1. The topological polar surface area (TPSA) is 119 Å². The number of carbonyl (C=O) groups is 2. The number of methoxy groups -OCH3 is 2. The highest BCUT2D eigenvalue weighted by molar-refractivity contribution is 7.89. The summed E-state index contributed by atoms with van der Waals surface area (Å²) in [4.78, 5) is 26.0. The van der Waals surface area contributed by atoms with Gasteiger partial charge in [-0.25, -0.2) is 8.42 Å². The number of piperidine rings is 2. The number of nitrogens with zero attached hydrogens (tertiary/aromatic N) is 2. The molecule has 3 rings (SSSR count). The Bertz CT molecular complexity index is 888. The number of rotatable bonds is 6. The third-order valence-electron chi connectivity index (χ3n) is 6.00. The van der Waals surface area contributed by atoms with Crippen molar-refractivity contribution in [3.05, 3.63) is 18.2 Å². The maximum absolute atomic E-state index is 13.0. The summed E-state index contributed by atoms with van der Waals surface area (Å²) < 4.78 is 37.8. The van der Waals surface area contributed by atoms with E-state index in [0.717, 1.165) is 0 Å². The lowest BCUT2D eigenvalue weighted by Crippen LogP contribution is -2.47. The molecule has 2 aliphatic rings. The van der Waals surface area contributed by atoms with Crippen molar-refractivity contribution in [3.8, 4) is 11.5 Å². The third kappa shape index (κ3) is 4.54. The number of sulfonamides is 1. The molecule has 0 bridgehead atoms. The molecule has 9 nitrogen and oxygen atoms in total. The van der Waals surface area contributed by atoms with E-state index in [0.29, 0.717) is 50.3 Å². The summed E-state index contributed by atoms with van der Waals surface area (Å²) in [5.41, 5.74) is 5.35. The first-order valence-corrected chi connectivity index (χ1v) is 11.5. The van der Waals surface area contributed by atoms with Crippen molar-refractivity contribution in [3.63, 3.8) is 0 Å². The van der Waals surface area contributed by atoms with Crippen LogP contribution in [0.2, 0.25) is 0 Å². The second-order valence-electron chi connectivity index (χ2n) is 7.70. The molecule has 1 aromatic carbocycles. The number of nitrogens with two attached hydrogens (primary N) is 1. The number of carbonyl (C=O) groups excluding carboxylic acids is 2. The summed E-state index contributed by atoms with van der Waals surface area (Å²) in [5, 5.41) is 0. The Hall–Kier alpha value is -2.33. The van der Waals surface area contributed by atoms with Crippen molar-refractivity contribution in [1.82, 2.24) is 9.21 Å². The van der Waals surface area contributed by atoms with E-state index in [1.54, 1.807) is 11.0 Å². The van der Waals surface area contributed by atoms with Gasteiger partial charge in [0.15, 0.2) is 11.5 Å². The molecule has 0 atom stereocenters. The third-order valence-corrected chi connectivity index (χ3v) is 7.90. The van der Waals surface area contributed by atoms with Gasteiger partial charge in [0.05, 0.1) is 19.1 Å². The van der Waals surface area contributed by atoms with Crippen LogP contribution < -0.4 is 15.2 Å². The van der Waals surface area contributed by atoms with Crippen LogP contribution in [0.5, 0.6) is 11.5 Å². The zero-order valence-corrected chi connectivity index (χ0v) is 18.2. The summed E-state index contributed by atoms with van der Waals surface area (Å²) in [7, 11) is -0.743. The Morgan fingerprint density at radius 2 is 1.50 bits per heavy atom. The Balaban J connectivity index is 1.61. The fraction of sp³-hybridized carbons (Fsp3) is 0.600. The van der Waals surface area contributed by atoms with Gasteiger partial charge in [-0.3, -0.25) is 9.59 Å². The molecule has 2 aliphatic heterocycles. The van der Waals surface area contributed by atoms with E-state index in [4.69, 9.17) is 15.2 Å². The minimum Gasteiger partial charge on any atom is -0.493 e. The van der Waals surface area contributed by atoms with E-state index in [2.05, 4.69) is 0 Å². The first-order chi connectivity index (χ1) is 14.3. The Morgan fingerprint density at radius 3 is 2.03 bits per heavy atom. The fourth-order valence-corrected chi connectivity index (χ4v) is 5.60. The predicted molar refractivity (Wildman–Crippen MR) is 110 cm³/mol. The molecule has 1 aromatic rings. The van der Waals surface area contributed by atoms with Gasteiger partial charge in [0.1, 0.15) is 0 Å². The quantitative estimate of drug-likeness (QED) is 0.701. The molecule has 0 unspecified atom stereocenters. The van der Waals surface area contributed by atoms with Crippen LogP contribution in [0, 0.1) is 11.8 Å². The molecular weight excluding hydrogens is 410 g/mol. The molecular formula is C20H29N3O6S. The van der Waals surface area contributed by atoms with Crippen LogP contribution in [0.25, 0.3) is 0 Å². The van der Waals surface area contributed by atoms with Crippen molar-refractivity contribution in [2.24, 2.45) is 17.6 Å². The number of ether oxygens (including phenoxy) is 2. The van der Waals surface area contributed by atoms with Gasteiger partial charge in [-0.15, -0.1) is 0 Å². The van der Waals surface area contributed by atoms with Gasteiger partial charge in [-0.05, 0) is 37.8 Å². The second-order valence-corrected chi connectivity index (χ2v) is 9.64. The number of hydrogen-bond donors (Lipinski definition) is 1. The van der Waals surface area contributed by atoms with Gasteiger partial charge < -0.3 is 20.1 Å². The summed E-state index contributed by atoms with van der Waals surface area (Å²) in [6.07, 6.45) is 2.13. The number of likely N-dealkylation sites (tertiary alicyclic amines) is 1. The van der Waals surface area contributed by atoms with Crippen LogP contribution >= 0.6 is 0 Å². The van der Waals surface area contributed by atoms with Crippen molar-refractivity contribution in [2.75, 3.05) is 40.4 Å². The van der Waals surface area contributed by atoms with E-state index in [1.807, 2.05) is 0 Å². The van der Waals surface area contributed by atoms with E-state index in [-0.39, 0.29) is 41.6 Å². The molecule has 0 spiro atoms. The van der Waals surface area contributed by atoms with Crippen LogP contribution in [0.4, 0.5) is 0 Å². The lowest BCUT2D eigenvalue weighted by atomic mass is 9.92. The molecule has 0 aromatic heterocycles. The van der Waals surface area contributed by atoms with Crippen LogP contribution in [0.15, 0.2) is 23.1 Å². The Morgan fingerprint density at radius 1 is 0.933 bits per heavy atom. The molecule has 2 heterocycles. The van der Waals surface area contributed by atoms with E-state index in [1.165, 1.54) is 30.7 Å². The minimum atomic E-state index is -3.69. The zero-order valence-electron chi connectivity index (χ0n) is 17.4. The van der Waals surface area contributed by atoms with Crippen LogP contribution in [-0.4, -0.2) is 69.8 Å². The molecule has 2 amide bonds. The molecule has 0 radical (unpaired) electrons. The normalized spacial score (nSPS) is 19.5. The van der Waals surface area contributed by atoms with E-state index >= 15 is 0 Å². The fourth-order valence-electron chi connectivity index (χ4n) is 4.11. The van der Waals surface area contributed by atoms with Crippen molar-refractivity contribution in [1.29, 1.82) is 0 Å². The van der Waals surface area contributed by atoms with Crippen LogP contribution in [-0.2, 0) is 19.6 Å². The molecule has 0 aliphatic carbocycles. The predicted octanol–water partition coefficient (Wildman–Crippen LogP) is 0.828. The highest BCUT2D eigenvalue weighted by atomic mass is 32.2. The van der Waals surface area contributed by atoms with E-state index in [9.17, 15) is 18.0 Å². The molecule has 0 saturated carbocycles.